The van der Waals surface area contributed by atoms with Gasteiger partial charge in [-0.25, -0.2) is 17.8 Å². The molecule has 0 atom stereocenters. The predicted molar refractivity (Wildman–Crippen MR) is 78.3 cm³/mol. The molecule has 2 aromatic carbocycles. The fourth-order valence-corrected chi connectivity index (χ4v) is 3.11. The maximum Gasteiger partial charge on any atom is 0.228 e. The molecule has 1 heterocycles. The Labute approximate surface area is 121 Å². The van der Waals surface area contributed by atoms with Gasteiger partial charge >= 0.3 is 0 Å². The van der Waals surface area contributed by atoms with Crippen LogP contribution in [0.2, 0.25) is 0 Å². The van der Waals surface area contributed by atoms with Crippen LogP contribution in [-0.2, 0) is 16.4 Å². The van der Waals surface area contributed by atoms with Crippen LogP contribution in [0.5, 0.6) is 0 Å². The molecular formula is C15H13FN2O2S. The molecule has 0 aliphatic carbocycles. The number of sulfone groups is 1. The van der Waals surface area contributed by atoms with Crippen LogP contribution in [0.1, 0.15) is 5.56 Å². The van der Waals surface area contributed by atoms with Crippen LogP contribution in [0.4, 0.5) is 4.39 Å². The highest BCUT2D eigenvalue weighted by Crippen LogP contribution is 2.21. The van der Waals surface area contributed by atoms with Crippen molar-refractivity contribution in [1.82, 2.24) is 9.55 Å². The van der Waals surface area contributed by atoms with Crippen molar-refractivity contribution in [3.63, 3.8) is 0 Å². The number of aromatic nitrogens is 2. The molecule has 108 valence electrons. The summed E-state index contributed by atoms with van der Waals surface area (Å²) in [4.78, 5) is 4.16. The molecule has 0 unspecified atom stereocenters. The first-order valence-corrected chi connectivity index (χ1v) is 8.25. The van der Waals surface area contributed by atoms with Crippen LogP contribution in [0.3, 0.4) is 0 Å². The molecule has 3 rings (SSSR count). The number of hydrogen-bond donors (Lipinski definition) is 0. The van der Waals surface area contributed by atoms with Crippen LogP contribution in [0, 0.1) is 5.82 Å². The molecule has 0 saturated heterocycles. The minimum atomic E-state index is -3.50. The largest absolute Gasteiger partial charge is 0.310 e. The van der Waals surface area contributed by atoms with Crippen LogP contribution >= 0.6 is 0 Å². The van der Waals surface area contributed by atoms with Gasteiger partial charge in [0.25, 0.3) is 0 Å². The highest BCUT2D eigenvalue weighted by molar-refractivity contribution is 7.90. The first kappa shape index (κ1) is 13.8. The third-order valence-electron chi connectivity index (χ3n) is 3.24. The van der Waals surface area contributed by atoms with Gasteiger partial charge in [-0.1, -0.05) is 30.3 Å². The van der Waals surface area contributed by atoms with E-state index in [1.807, 2.05) is 0 Å². The maximum atomic E-state index is 13.8. The Hall–Kier alpha value is -2.21. The van der Waals surface area contributed by atoms with E-state index in [9.17, 15) is 12.8 Å². The molecule has 21 heavy (non-hydrogen) atoms. The van der Waals surface area contributed by atoms with E-state index in [1.54, 1.807) is 42.5 Å². The van der Waals surface area contributed by atoms with Crippen molar-refractivity contribution in [1.29, 1.82) is 0 Å². The van der Waals surface area contributed by atoms with Crippen molar-refractivity contribution in [2.24, 2.45) is 0 Å². The third-order valence-corrected chi connectivity index (χ3v) is 4.21. The van der Waals surface area contributed by atoms with Gasteiger partial charge in [0.05, 0.1) is 17.6 Å². The maximum absolute atomic E-state index is 13.8. The zero-order chi connectivity index (χ0) is 15.0. The molecule has 1 aromatic heterocycles. The van der Waals surface area contributed by atoms with E-state index in [0.29, 0.717) is 16.6 Å². The van der Waals surface area contributed by atoms with E-state index in [2.05, 4.69) is 4.98 Å². The summed E-state index contributed by atoms with van der Waals surface area (Å²) in [5, 5.41) is -0.0491. The fourth-order valence-electron chi connectivity index (χ4n) is 2.29. The first-order chi connectivity index (χ1) is 9.97. The lowest BCUT2D eigenvalue weighted by Crippen LogP contribution is -2.11. The van der Waals surface area contributed by atoms with Crippen LogP contribution < -0.4 is 0 Å². The standard InChI is InChI=1S/C15H13FN2O2S/c1-21(19,20)15-17-13-8-4-5-9-14(13)18(15)10-11-6-2-3-7-12(11)16/h2-9H,10H2,1H3. The summed E-state index contributed by atoms with van der Waals surface area (Å²) in [7, 11) is -3.50. The van der Waals surface area contributed by atoms with Crippen molar-refractivity contribution < 1.29 is 12.8 Å². The van der Waals surface area contributed by atoms with Gasteiger partial charge < -0.3 is 4.57 Å². The number of benzene rings is 2. The van der Waals surface area contributed by atoms with Gasteiger partial charge in [0.15, 0.2) is 0 Å². The van der Waals surface area contributed by atoms with Crippen molar-refractivity contribution in [3.05, 3.63) is 59.9 Å². The number of rotatable bonds is 3. The minimum Gasteiger partial charge on any atom is -0.310 e. The molecule has 0 bridgehead atoms. The van der Waals surface area contributed by atoms with E-state index >= 15 is 0 Å². The van der Waals surface area contributed by atoms with E-state index in [-0.39, 0.29) is 17.5 Å². The highest BCUT2D eigenvalue weighted by atomic mass is 32.2. The predicted octanol–water partition coefficient (Wildman–Crippen LogP) is 2.63. The molecule has 0 saturated carbocycles. The molecule has 0 aliphatic heterocycles. The van der Waals surface area contributed by atoms with Gasteiger partial charge in [-0.2, -0.15) is 0 Å². The van der Waals surface area contributed by atoms with E-state index in [4.69, 9.17) is 0 Å². The Morgan fingerprint density at radius 3 is 2.48 bits per heavy atom. The molecule has 0 amide bonds. The van der Waals surface area contributed by atoms with Crippen molar-refractivity contribution in [2.75, 3.05) is 6.26 Å². The van der Waals surface area contributed by atoms with Gasteiger partial charge in [0, 0.05) is 11.8 Å². The lowest BCUT2D eigenvalue weighted by Gasteiger charge is -2.09. The molecule has 4 nitrogen and oxygen atoms in total. The number of para-hydroxylation sites is 2. The van der Waals surface area contributed by atoms with Crippen molar-refractivity contribution in [2.45, 2.75) is 11.7 Å². The first-order valence-electron chi connectivity index (χ1n) is 6.35. The smallest absolute Gasteiger partial charge is 0.228 e. The zero-order valence-electron chi connectivity index (χ0n) is 11.3. The van der Waals surface area contributed by atoms with Gasteiger partial charge in [-0.3, -0.25) is 0 Å². The van der Waals surface area contributed by atoms with Crippen LogP contribution in [0.15, 0.2) is 53.7 Å². The summed E-state index contributed by atoms with van der Waals surface area (Å²) < 4.78 is 39.2. The summed E-state index contributed by atoms with van der Waals surface area (Å²) >= 11 is 0. The number of imidazole rings is 1. The normalized spacial score (nSPS) is 11.9. The monoisotopic (exact) mass is 304 g/mol. The Morgan fingerprint density at radius 2 is 1.76 bits per heavy atom. The van der Waals surface area contributed by atoms with Crippen LogP contribution in [-0.4, -0.2) is 24.2 Å². The Kier molecular flexibility index (Phi) is 3.25. The van der Waals surface area contributed by atoms with Gasteiger partial charge in [-0.05, 0) is 18.2 Å². The summed E-state index contributed by atoms with van der Waals surface area (Å²) in [5.41, 5.74) is 1.67. The Morgan fingerprint density at radius 1 is 1.10 bits per heavy atom. The van der Waals surface area contributed by atoms with E-state index in [1.165, 1.54) is 10.6 Å². The third kappa shape index (κ3) is 2.54. The topological polar surface area (TPSA) is 52.0 Å². The van der Waals surface area contributed by atoms with Crippen LogP contribution in [0.25, 0.3) is 11.0 Å². The molecule has 3 aromatic rings. The second-order valence-electron chi connectivity index (χ2n) is 4.83. The lowest BCUT2D eigenvalue weighted by atomic mass is 10.2. The molecule has 0 fully saturated rings. The molecule has 0 aliphatic rings. The second-order valence-corrected chi connectivity index (χ2v) is 6.74. The SMILES string of the molecule is CS(=O)(=O)c1nc2ccccc2n1Cc1ccccc1F. The van der Waals surface area contributed by atoms with Crippen molar-refractivity contribution in [3.8, 4) is 0 Å². The minimum absolute atomic E-state index is 0.0491. The quantitative estimate of drug-likeness (QED) is 0.747. The van der Waals surface area contributed by atoms with E-state index < -0.39 is 9.84 Å². The number of nitrogens with zero attached hydrogens (tertiary/aromatic N) is 2. The Bertz CT molecular complexity index is 916. The molecule has 0 radical (unpaired) electrons. The fraction of sp³-hybridized carbons (Fsp3) is 0.133. The number of hydrogen-bond acceptors (Lipinski definition) is 3. The second kappa shape index (κ2) is 4.96. The molecule has 0 spiro atoms. The van der Waals surface area contributed by atoms with Gasteiger partial charge in [0.2, 0.25) is 15.0 Å². The van der Waals surface area contributed by atoms with Gasteiger partial charge in [-0.15, -0.1) is 0 Å². The average Bonchev–Trinajstić information content (AvgIpc) is 2.80. The average molecular weight is 304 g/mol. The summed E-state index contributed by atoms with van der Waals surface area (Å²) in [6, 6.07) is 13.4. The number of fused-ring (bicyclic) bond motifs is 1. The summed E-state index contributed by atoms with van der Waals surface area (Å²) in [5.74, 6) is -0.366. The summed E-state index contributed by atoms with van der Waals surface area (Å²) in [6.07, 6.45) is 1.10. The van der Waals surface area contributed by atoms with Crippen molar-refractivity contribution >= 4 is 20.9 Å². The Balaban J connectivity index is 2.23. The molecule has 0 N–H and O–H groups in total. The molecule has 6 heteroatoms. The number of halogens is 1. The molecular weight excluding hydrogens is 291 g/mol. The van der Waals surface area contributed by atoms with Gasteiger partial charge in [0.1, 0.15) is 5.82 Å². The highest BCUT2D eigenvalue weighted by Gasteiger charge is 2.19. The van der Waals surface area contributed by atoms with E-state index in [0.717, 1.165) is 6.26 Å². The summed E-state index contributed by atoms with van der Waals surface area (Å²) in [6.45, 7) is 0.121. The zero-order valence-corrected chi connectivity index (χ0v) is 12.1. The lowest BCUT2D eigenvalue weighted by molar-refractivity contribution is 0.569.